The van der Waals surface area contributed by atoms with Gasteiger partial charge in [0.25, 0.3) is 5.91 Å². The van der Waals surface area contributed by atoms with Crippen LogP contribution in [0.3, 0.4) is 0 Å². The minimum absolute atomic E-state index is 0.0150. The van der Waals surface area contributed by atoms with Gasteiger partial charge in [-0.15, -0.1) is 0 Å². The third-order valence-electron chi connectivity index (χ3n) is 10.1. The molecule has 0 unspecified atom stereocenters. The number of nitrogens with zero attached hydrogens (tertiary/aromatic N) is 1. The average Bonchev–Trinajstić information content (AvgIpc) is 3.11. The van der Waals surface area contributed by atoms with Crippen molar-refractivity contribution in [3.63, 3.8) is 0 Å². The second kappa shape index (κ2) is 8.27. The van der Waals surface area contributed by atoms with Gasteiger partial charge in [0.1, 0.15) is 0 Å². The van der Waals surface area contributed by atoms with Crippen LogP contribution in [0.1, 0.15) is 73.1 Å². The van der Waals surface area contributed by atoms with Gasteiger partial charge < -0.3 is 10.2 Å². The number of fused-ring (bicyclic) bond motifs is 5. The normalized spacial score (nSPS) is 40.1. The molecule has 2 fully saturated rings. The Morgan fingerprint density at radius 1 is 1.19 bits per heavy atom. The van der Waals surface area contributed by atoms with Crippen molar-refractivity contribution < 1.29 is 9.59 Å². The topological polar surface area (TPSA) is 49.4 Å². The van der Waals surface area contributed by atoms with Gasteiger partial charge in [-0.1, -0.05) is 37.6 Å². The van der Waals surface area contributed by atoms with Crippen molar-refractivity contribution in [2.45, 2.75) is 79.2 Å². The Hall–Kier alpha value is -1.68. The molecular formula is C28H42N2O2. The van der Waals surface area contributed by atoms with Crippen molar-refractivity contribution in [3.05, 3.63) is 35.1 Å². The molecule has 32 heavy (non-hydrogen) atoms. The van der Waals surface area contributed by atoms with Crippen LogP contribution < -0.4 is 5.32 Å². The summed E-state index contributed by atoms with van der Waals surface area (Å²) in [6.07, 6.45) is 13.0. The number of nitrogens with one attached hydrogen (secondary N) is 1. The van der Waals surface area contributed by atoms with Crippen molar-refractivity contribution in [1.82, 2.24) is 10.2 Å². The number of ketones is 1. The highest BCUT2D eigenvalue weighted by molar-refractivity contribution is 6.04. The molecule has 0 aromatic carbocycles. The molecule has 0 radical (unpaired) electrons. The van der Waals surface area contributed by atoms with E-state index in [-0.39, 0.29) is 23.0 Å². The lowest BCUT2D eigenvalue weighted by Crippen LogP contribution is -2.55. The second-order valence-electron chi connectivity index (χ2n) is 11.6. The van der Waals surface area contributed by atoms with Gasteiger partial charge in [0.05, 0.1) is 5.70 Å². The van der Waals surface area contributed by atoms with E-state index in [0.29, 0.717) is 40.5 Å². The van der Waals surface area contributed by atoms with E-state index in [4.69, 9.17) is 0 Å². The summed E-state index contributed by atoms with van der Waals surface area (Å²) in [4.78, 5) is 28.2. The van der Waals surface area contributed by atoms with Gasteiger partial charge in [-0.2, -0.15) is 0 Å². The minimum Gasteiger partial charge on any atom is -0.319 e. The highest BCUT2D eigenvalue weighted by Gasteiger charge is 2.60. The van der Waals surface area contributed by atoms with E-state index < -0.39 is 0 Å². The molecule has 0 bridgehead atoms. The smallest absolute Gasteiger partial charge is 0.251 e. The van der Waals surface area contributed by atoms with Crippen LogP contribution in [0.15, 0.2) is 35.1 Å². The molecule has 4 heteroatoms. The molecule has 0 saturated heterocycles. The van der Waals surface area contributed by atoms with Crippen LogP contribution in [0.25, 0.3) is 0 Å². The number of carbonyl (C=O) groups excluding carboxylic acids is 2. The fourth-order valence-corrected chi connectivity index (χ4v) is 7.78. The zero-order chi connectivity index (χ0) is 23.4. The van der Waals surface area contributed by atoms with Gasteiger partial charge in [-0.3, -0.25) is 9.59 Å². The van der Waals surface area contributed by atoms with E-state index in [1.165, 1.54) is 19.3 Å². The van der Waals surface area contributed by atoms with Crippen LogP contribution in [0.5, 0.6) is 0 Å². The third kappa shape index (κ3) is 3.45. The van der Waals surface area contributed by atoms with Crippen LogP contribution >= 0.6 is 0 Å². The van der Waals surface area contributed by atoms with Gasteiger partial charge in [0, 0.05) is 17.5 Å². The third-order valence-corrected chi connectivity index (χ3v) is 10.1. The first kappa shape index (κ1) is 23.5. The van der Waals surface area contributed by atoms with Crippen molar-refractivity contribution in [2.24, 2.45) is 34.5 Å². The number of hydrogen-bond acceptors (Lipinski definition) is 3. The quantitative estimate of drug-likeness (QED) is 0.480. The van der Waals surface area contributed by atoms with Gasteiger partial charge >= 0.3 is 0 Å². The van der Waals surface area contributed by atoms with Crippen molar-refractivity contribution >= 4 is 11.7 Å². The number of hydrogen-bond donors (Lipinski definition) is 1. The van der Waals surface area contributed by atoms with Crippen LogP contribution in [-0.4, -0.2) is 36.7 Å². The molecule has 0 spiro atoms. The highest BCUT2D eigenvalue weighted by Crippen LogP contribution is 2.66. The first-order valence-electron chi connectivity index (χ1n) is 12.6. The summed E-state index contributed by atoms with van der Waals surface area (Å²) in [5, 5.41) is 2.90. The molecule has 4 aliphatic rings. The number of rotatable bonds is 4. The summed E-state index contributed by atoms with van der Waals surface area (Å²) in [5.74, 6) is 2.03. The molecule has 176 valence electrons. The molecular weight excluding hydrogens is 396 g/mol. The first-order chi connectivity index (χ1) is 15.0. The standard InChI is InChI=1S/C28H42N2O2/c1-8-17(2)26(32)29-24-14-16-28(5)22-13-15-27(4)20(18(3)30(6)7)11-12-21(27)19(22)9-10-23(28)25(24)31/h8,11,14,18-19,21-23H,9-10,12-13,15-16H2,1-7H3,(H,29,32)/b17-8+/t18-,19-,21-,22-,23-,27+,28+/m0/s1. The molecule has 0 heterocycles. The largest absolute Gasteiger partial charge is 0.319 e. The number of likely N-dealkylation sites (N-methyl/N-ethyl adjacent to an activating group) is 1. The molecule has 1 amide bonds. The summed E-state index contributed by atoms with van der Waals surface area (Å²) in [6, 6.07) is 0.486. The van der Waals surface area contributed by atoms with Crippen molar-refractivity contribution in [1.29, 1.82) is 0 Å². The Morgan fingerprint density at radius 3 is 2.56 bits per heavy atom. The summed E-state index contributed by atoms with van der Waals surface area (Å²) < 4.78 is 0. The van der Waals surface area contributed by atoms with Gasteiger partial charge in [-0.05, 0) is 102 Å². The molecule has 7 atom stereocenters. The van der Waals surface area contributed by atoms with Crippen molar-refractivity contribution in [3.8, 4) is 0 Å². The van der Waals surface area contributed by atoms with E-state index in [1.807, 2.05) is 13.0 Å². The number of amides is 1. The van der Waals surface area contributed by atoms with Gasteiger partial charge in [-0.25, -0.2) is 0 Å². The van der Waals surface area contributed by atoms with Crippen LogP contribution in [-0.2, 0) is 9.59 Å². The Morgan fingerprint density at radius 2 is 1.91 bits per heavy atom. The molecule has 0 aromatic rings. The molecule has 0 aromatic heterocycles. The Labute approximate surface area is 194 Å². The maximum absolute atomic E-state index is 13.5. The minimum atomic E-state index is -0.155. The fourth-order valence-electron chi connectivity index (χ4n) is 7.78. The second-order valence-corrected chi connectivity index (χ2v) is 11.6. The SMILES string of the molecule is C/C=C(\C)C(=O)NC1=CC[C@@]2(C)[C@@H](CC[C@@H]3[C@@H]2CC[C@]2(C)C([C@H](C)N(C)C)=CC[C@@H]32)C1=O. The maximum atomic E-state index is 13.5. The van der Waals surface area contributed by atoms with Crippen LogP contribution in [0, 0.1) is 34.5 Å². The van der Waals surface area contributed by atoms with E-state index in [1.54, 1.807) is 18.6 Å². The lowest BCUT2D eigenvalue weighted by atomic mass is 9.45. The Balaban J connectivity index is 1.56. The van der Waals surface area contributed by atoms with Gasteiger partial charge in [0.15, 0.2) is 5.78 Å². The zero-order valence-electron chi connectivity index (χ0n) is 21.1. The summed E-state index contributed by atoms with van der Waals surface area (Å²) in [7, 11) is 4.38. The molecule has 4 rings (SSSR count). The van der Waals surface area contributed by atoms with E-state index >= 15 is 0 Å². The molecule has 4 nitrogen and oxygen atoms in total. The zero-order valence-corrected chi connectivity index (χ0v) is 21.1. The predicted molar refractivity (Wildman–Crippen MR) is 130 cm³/mol. The van der Waals surface area contributed by atoms with Crippen LogP contribution in [0.4, 0.5) is 0 Å². The summed E-state index contributed by atoms with van der Waals surface area (Å²) in [5.41, 5.74) is 3.13. The van der Waals surface area contributed by atoms with E-state index in [2.05, 4.69) is 51.2 Å². The molecule has 1 N–H and O–H groups in total. The average molecular weight is 439 g/mol. The molecule has 2 saturated carbocycles. The number of allylic oxidation sites excluding steroid dienone is 4. The van der Waals surface area contributed by atoms with E-state index in [0.717, 1.165) is 19.3 Å². The van der Waals surface area contributed by atoms with Crippen molar-refractivity contribution in [2.75, 3.05) is 14.1 Å². The predicted octanol–water partition coefficient (Wildman–Crippen LogP) is 5.27. The molecule has 0 aliphatic heterocycles. The maximum Gasteiger partial charge on any atom is 0.251 e. The number of Topliss-reactive ketones (excluding diaryl/α,β-unsaturated/α-hetero) is 1. The lowest BCUT2D eigenvalue weighted by molar-refractivity contribution is -0.138. The first-order valence-corrected chi connectivity index (χ1v) is 12.6. The number of carbonyl (C=O) groups is 2. The van der Waals surface area contributed by atoms with Crippen LogP contribution in [0.2, 0.25) is 0 Å². The highest BCUT2D eigenvalue weighted by atomic mass is 16.2. The Kier molecular flexibility index (Phi) is 6.07. The fraction of sp³-hybridized carbons (Fsp3) is 0.714. The lowest BCUT2D eigenvalue weighted by Gasteiger charge is -2.59. The summed E-state index contributed by atoms with van der Waals surface area (Å²) >= 11 is 0. The Bertz CT molecular complexity index is 897. The van der Waals surface area contributed by atoms with E-state index in [9.17, 15) is 9.59 Å². The monoisotopic (exact) mass is 438 g/mol. The summed E-state index contributed by atoms with van der Waals surface area (Å²) in [6.45, 7) is 10.9. The van der Waals surface area contributed by atoms with Gasteiger partial charge in [0.2, 0.25) is 0 Å². The molecule has 4 aliphatic carbocycles.